The van der Waals surface area contributed by atoms with Crippen LogP contribution in [0.15, 0.2) is 47.9 Å². The molecule has 7 heteroatoms. The van der Waals surface area contributed by atoms with E-state index in [4.69, 9.17) is 5.73 Å². The Hall–Kier alpha value is -2.12. The van der Waals surface area contributed by atoms with Crippen molar-refractivity contribution >= 4 is 23.6 Å². The average Bonchev–Trinajstić information content (AvgIpc) is 2.55. The summed E-state index contributed by atoms with van der Waals surface area (Å²) in [7, 11) is 0. The number of nitrogens with zero attached hydrogens (tertiary/aromatic N) is 2. The number of hydrogen-bond donors (Lipinski definition) is 2. The number of aryl methyl sites for hydroxylation is 1. The fourth-order valence-electron chi connectivity index (χ4n) is 2.64. The molecule has 0 saturated carbocycles. The maximum atomic E-state index is 11.8. The minimum Gasteiger partial charge on any atom is -0.477 e. The van der Waals surface area contributed by atoms with E-state index in [1.54, 1.807) is 6.08 Å². The first-order valence-corrected chi connectivity index (χ1v) is 8.33. The highest BCUT2D eigenvalue weighted by Gasteiger charge is 2.51. The first kappa shape index (κ1) is 15.8. The van der Waals surface area contributed by atoms with E-state index in [-0.39, 0.29) is 17.0 Å². The SMILES string of the molecule is Cc1cc[n+](CC=CC2=C(C(=O)O)N3C(=O)[C@@H](N)[C@H]3SC2)cc1. The fraction of sp³-hybridized carbons (Fsp3) is 0.312. The summed E-state index contributed by atoms with van der Waals surface area (Å²) < 4.78 is 1.99. The number of amides is 1. The van der Waals surface area contributed by atoms with Gasteiger partial charge in [-0.25, -0.2) is 9.36 Å². The number of pyridine rings is 1. The van der Waals surface area contributed by atoms with Crippen molar-refractivity contribution in [3.8, 4) is 0 Å². The van der Waals surface area contributed by atoms with Crippen LogP contribution in [0.25, 0.3) is 0 Å². The van der Waals surface area contributed by atoms with Crippen LogP contribution in [0.2, 0.25) is 0 Å². The number of aliphatic carboxylic acids is 1. The molecule has 23 heavy (non-hydrogen) atoms. The largest absolute Gasteiger partial charge is 0.477 e. The quantitative estimate of drug-likeness (QED) is 0.616. The number of allylic oxidation sites excluding steroid dienone is 2. The van der Waals surface area contributed by atoms with E-state index in [1.165, 1.54) is 22.2 Å². The number of aromatic nitrogens is 1. The molecule has 0 unspecified atom stereocenters. The van der Waals surface area contributed by atoms with E-state index in [2.05, 4.69) is 0 Å². The summed E-state index contributed by atoms with van der Waals surface area (Å²) in [4.78, 5) is 24.7. The molecule has 0 aliphatic carbocycles. The van der Waals surface area contributed by atoms with E-state index in [0.29, 0.717) is 17.9 Å². The Morgan fingerprint density at radius 3 is 2.87 bits per heavy atom. The zero-order chi connectivity index (χ0) is 16.6. The highest BCUT2D eigenvalue weighted by atomic mass is 32.2. The van der Waals surface area contributed by atoms with Crippen LogP contribution in [0, 0.1) is 6.92 Å². The summed E-state index contributed by atoms with van der Waals surface area (Å²) >= 11 is 1.50. The van der Waals surface area contributed by atoms with Gasteiger partial charge in [-0.3, -0.25) is 9.69 Å². The van der Waals surface area contributed by atoms with Gasteiger partial charge in [-0.05, 0) is 24.1 Å². The normalized spacial score (nSPS) is 23.9. The highest BCUT2D eigenvalue weighted by molar-refractivity contribution is 8.00. The molecule has 0 bridgehead atoms. The molecule has 1 saturated heterocycles. The van der Waals surface area contributed by atoms with E-state index in [1.807, 2.05) is 42.1 Å². The maximum absolute atomic E-state index is 11.8. The predicted molar refractivity (Wildman–Crippen MR) is 86.2 cm³/mol. The van der Waals surface area contributed by atoms with Crippen molar-refractivity contribution in [3.63, 3.8) is 0 Å². The van der Waals surface area contributed by atoms with Crippen molar-refractivity contribution in [1.82, 2.24) is 4.90 Å². The topological polar surface area (TPSA) is 87.5 Å². The smallest absolute Gasteiger partial charge is 0.352 e. The van der Waals surface area contributed by atoms with Crippen LogP contribution in [-0.4, -0.2) is 39.1 Å². The Morgan fingerprint density at radius 2 is 2.22 bits per heavy atom. The van der Waals surface area contributed by atoms with Gasteiger partial charge in [0, 0.05) is 17.9 Å². The van der Waals surface area contributed by atoms with Crippen LogP contribution < -0.4 is 10.3 Å². The monoisotopic (exact) mass is 332 g/mol. The van der Waals surface area contributed by atoms with Crippen molar-refractivity contribution in [1.29, 1.82) is 0 Å². The first-order chi connectivity index (χ1) is 11.0. The van der Waals surface area contributed by atoms with Gasteiger partial charge >= 0.3 is 5.97 Å². The lowest BCUT2D eigenvalue weighted by Crippen LogP contribution is -2.68. The number of fused-ring (bicyclic) bond motifs is 1. The van der Waals surface area contributed by atoms with Gasteiger partial charge in [0.15, 0.2) is 18.9 Å². The molecule has 6 nitrogen and oxygen atoms in total. The van der Waals surface area contributed by atoms with Gasteiger partial charge in [-0.2, -0.15) is 0 Å². The minimum absolute atomic E-state index is 0.0607. The second-order valence-electron chi connectivity index (χ2n) is 5.59. The van der Waals surface area contributed by atoms with E-state index in [9.17, 15) is 14.7 Å². The van der Waals surface area contributed by atoms with Crippen molar-refractivity contribution in [3.05, 3.63) is 53.5 Å². The van der Waals surface area contributed by atoms with Crippen LogP contribution in [-0.2, 0) is 16.1 Å². The molecule has 1 amide bonds. The molecular formula is C16H18N3O3S+. The lowest BCUT2D eigenvalue weighted by Gasteiger charge is -2.47. The molecule has 1 aromatic rings. The molecule has 3 rings (SSSR count). The molecule has 0 radical (unpaired) electrons. The summed E-state index contributed by atoms with van der Waals surface area (Å²) in [6, 6.07) is 3.43. The summed E-state index contributed by atoms with van der Waals surface area (Å²) in [6.45, 7) is 2.66. The molecule has 120 valence electrons. The van der Waals surface area contributed by atoms with Crippen molar-refractivity contribution < 1.29 is 19.3 Å². The molecule has 0 aromatic carbocycles. The van der Waals surface area contributed by atoms with Crippen LogP contribution in [0.5, 0.6) is 0 Å². The molecule has 2 atom stereocenters. The second kappa shape index (κ2) is 6.17. The lowest BCUT2D eigenvalue weighted by atomic mass is 10.0. The van der Waals surface area contributed by atoms with Gasteiger partial charge in [0.1, 0.15) is 17.1 Å². The van der Waals surface area contributed by atoms with Gasteiger partial charge in [-0.15, -0.1) is 11.8 Å². The highest BCUT2D eigenvalue weighted by Crippen LogP contribution is 2.39. The Bertz CT molecular complexity index is 712. The number of β-lactam (4-membered cyclic amide) rings is 1. The van der Waals surface area contributed by atoms with Crippen LogP contribution in [0.1, 0.15) is 5.56 Å². The van der Waals surface area contributed by atoms with Crippen molar-refractivity contribution in [2.75, 3.05) is 5.75 Å². The number of thioether (sulfide) groups is 1. The Balaban J connectivity index is 1.79. The third kappa shape index (κ3) is 2.89. The standard InChI is InChI=1S/C16H17N3O3S/c1-10-4-7-18(8-5-10)6-2-3-11-9-23-15-12(17)14(20)19(15)13(11)16(21)22/h2-5,7-8,12,15H,6,9,17H2,1H3/p+1/t12-,15-/m1/s1. The predicted octanol–water partition coefficient (Wildman–Crippen LogP) is 0.420. The number of carbonyl (C=O) groups is 2. The van der Waals surface area contributed by atoms with Crippen molar-refractivity contribution in [2.45, 2.75) is 24.9 Å². The van der Waals surface area contributed by atoms with Gasteiger partial charge in [0.05, 0.1) is 0 Å². The number of hydrogen-bond acceptors (Lipinski definition) is 4. The minimum atomic E-state index is -1.09. The van der Waals surface area contributed by atoms with Gasteiger partial charge in [0.25, 0.3) is 0 Å². The van der Waals surface area contributed by atoms with E-state index < -0.39 is 12.0 Å². The molecule has 2 aliphatic rings. The third-order valence-corrected chi connectivity index (χ3v) is 5.26. The van der Waals surface area contributed by atoms with Crippen molar-refractivity contribution in [2.24, 2.45) is 5.73 Å². The number of carboxylic acid groups (broad SMARTS) is 1. The zero-order valence-electron chi connectivity index (χ0n) is 12.7. The Morgan fingerprint density at radius 1 is 1.52 bits per heavy atom. The fourth-order valence-corrected chi connectivity index (χ4v) is 3.90. The molecule has 3 N–H and O–H groups in total. The van der Waals surface area contributed by atoms with E-state index >= 15 is 0 Å². The lowest BCUT2D eigenvalue weighted by molar-refractivity contribution is -0.687. The van der Waals surface area contributed by atoms with Crippen LogP contribution in [0.4, 0.5) is 0 Å². The molecule has 0 spiro atoms. The summed E-state index contributed by atoms with van der Waals surface area (Å²) in [5, 5.41) is 9.19. The summed E-state index contributed by atoms with van der Waals surface area (Å²) in [6.07, 6.45) is 7.63. The van der Waals surface area contributed by atoms with Gasteiger partial charge in [0.2, 0.25) is 5.91 Å². The van der Waals surface area contributed by atoms with Gasteiger partial charge in [-0.1, -0.05) is 6.08 Å². The summed E-state index contributed by atoms with van der Waals surface area (Å²) in [5.41, 5.74) is 7.61. The maximum Gasteiger partial charge on any atom is 0.352 e. The molecule has 1 fully saturated rings. The average molecular weight is 332 g/mol. The number of carbonyl (C=O) groups excluding carboxylic acids is 1. The number of carboxylic acids is 1. The van der Waals surface area contributed by atoms with Gasteiger partial charge < -0.3 is 10.8 Å². The third-order valence-electron chi connectivity index (χ3n) is 3.93. The number of nitrogens with two attached hydrogens (primary N) is 1. The second-order valence-corrected chi connectivity index (χ2v) is 6.69. The Labute approximate surface area is 138 Å². The molecule has 1 aromatic heterocycles. The van der Waals surface area contributed by atoms with Crippen LogP contribution >= 0.6 is 11.8 Å². The van der Waals surface area contributed by atoms with E-state index in [0.717, 1.165) is 0 Å². The molecular weight excluding hydrogens is 314 g/mol. The van der Waals surface area contributed by atoms with Crippen LogP contribution in [0.3, 0.4) is 0 Å². The zero-order valence-corrected chi connectivity index (χ0v) is 13.5. The Kier molecular flexibility index (Phi) is 4.23. The summed E-state index contributed by atoms with van der Waals surface area (Å²) in [5.74, 6) is -0.865. The number of rotatable bonds is 4. The molecule has 2 aliphatic heterocycles. The molecule has 3 heterocycles. The first-order valence-electron chi connectivity index (χ1n) is 7.28.